The lowest BCUT2D eigenvalue weighted by atomic mass is 10.1. The summed E-state index contributed by atoms with van der Waals surface area (Å²) in [6.07, 6.45) is -4.49. The van der Waals surface area contributed by atoms with Crippen LogP contribution in [0.5, 0.6) is 0 Å². The Hall–Kier alpha value is -1.14. The molecule has 0 unspecified atom stereocenters. The second-order valence-electron chi connectivity index (χ2n) is 4.70. The van der Waals surface area contributed by atoms with Crippen molar-refractivity contribution in [3.63, 3.8) is 0 Å². The Kier molecular flexibility index (Phi) is 4.34. The Balaban J connectivity index is 2.89. The number of hydrogen-bond donors (Lipinski definition) is 2. The van der Waals surface area contributed by atoms with E-state index in [1.807, 2.05) is 0 Å². The van der Waals surface area contributed by atoms with Crippen molar-refractivity contribution in [1.82, 2.24) is 5.32 Å². The number of aliphatic hydroxyl groups excluding tert-OH is 1. The second-order valence-corrected chi connectivity index (χ2v) is 4.70. The van der Waals surface area contributed by atoms with E-state index in [0.29, 0.717) is 6.07 Å². The molecule has 1 rings (SSSR count). The topological polar surface area (TPSA) is 32.3 Å². The Morgan fingerprint density at radius 3 is 2.33 bits per heavy atom. The van der Waals surface area contributed by atoms with Gasteiger partial charge in [-0.2, -0.15) is 13.2 Å². The zero-order chi connectivity index (χ0) is 14.0. The smallest absolute Gasteiger partial charge is 0.394 e. The van der Waals surface area contributed by atoms with E-state index in [0.717, 1.165) is 12.1 Å². The van der Waals surface area contributed by atoms with E-state index in [-0.39, 0.29) is 18.7 Å². The van der Waals surface area contributed by atoms with E-state index < -0.39 is 23.1 Å². The van der Waals surface area contributed by atoms with Crippen molar-refractivity contribution >= 4 is 0 Å². The van der Waals surface area contributed by atoms with Crippen molar-refractivity contribution in [2.75, 3.05) is 6.61 Å². The third kappa shape index (κ3) is 3.96. The zero-order valence-electron chi connectivity index (χ0n) is 10.1. The maximum Gasteiger partial charge on any atom is 0.416 e. The summed E-state index contributed by atoms with van der Waals surface area (Å²) in [5.74, 6) is -0.704. The van der Waals surface area contributed by atoms with Crippen molar-refractivity contribution in [3.05, 3.63) is 35.1 Å². The third-order valence-electron chi connectivity index (χ3n) is 2.53. The first-order chi connectivity index (χ1) is 8.15. The quantitative estimate of drug-likeness (QED) is 0.820. The molecule has 0 fully saturated rings. The molecule has 0 heterocycles. The number of halogens is 4. The van der Waals surface area contributed by atoms with E-state index >= 15 is 0 Å². The molecule has 102 valence electrons. The fraction of sp³-hybridized carbons (Fsp3) is 0.500. The van der Waals surface area contributed by atoms with Crippen molar-refractivity contribution < 1.29 is 22.7 Å². The minimum absolute atomic E-state index is 0.0775. The van der Waals surface area contributed by atoms with E-state index in [1.54, 1.807) is 13.8 Å². The number of nitrogens with one attached hydrogen (secondary N) is 1. The molecule has 0 saturated carbocycles. The van der Waals surface area contributed by atoms with Crippen LogP contribution in [0.4, 0.5) is 17.6 Å². The van der Waals surface area contributed by atoms with E-state index in [9.17, 15) is 17.6 Å². The number of rotatable bonds is 4. The van der Waals surface area contributed by atoms with Crippen LogP contribution in [-0.4, -0.2) is 17.3 Å². The molecule has 0 aliphatic carbocycles. The Morgan fingerprint density at radius 1 is 1.22 bits per heavy atom. The van der Waals surface area contributed by atoms with Gasteiger partial charge in [-0.1, -0.05) is 0 Å². The third-order valence-corrected chi connectivity index (χ3v) is 2.53. The molecule has 0 spiro atoms. The van der Waals surface area contributed by atoms with Gasteiger partial charge >= 0.3 is 6.18 Å². The molecular weight excluding hydrogens is 250 g/mol. The summed E-state index contributed by atoms with van der Waals surface area (Å²) in [7, 11) is 0. The summed E-state index contributed by atoms with van der Waals surface area (Å²) in [6, 6.07) is 2.28. The van der Waals surface area contributed by atoms with Crippen LogP contribution in [0.3, 0.4) is 0 Å². The standard InChI is InChI=1S/C12H15F4NO/c1-11(2,7-18)17-6-8-5-9(12(14,15)16)3-4-10(8)13/h3-5,17-18H,6-7H2,1-2H3. The van der Waals surface area contributed by atoms with Gasteiger partial charge in [-0.05, 0) is 32.0 Å². The Labute approximate surface area is 103 Å². The maximum atomic E-state index is 13.4. The molecule has 0 atom stereocenters. The summed E-state index contributed by atoms with van der Waals surface area (Å²) in [6.45, 7) is 3.05. The molecule has 18 heavy (non-hydrogen) atoms. The normalized spacial score (nSPS) is 12.8. The second kappa shape index (κ2) is 5.24. The Bertz CT molecular complexity index is 415. The fourth-order valence-electron chi connectivity index (χ4n) is 1.28. The van der Waals surface area contributed by atoms with Crippen LogP contribution in [0.15, 0.2) is 18.2 Å². The SMILES string of the molecule is CC(C)(CO)NCc1cc(C(F)(F)F)ccc1F. The molecule has 2 N–H and O–H groups in total. The first kappa shape index (κ1) is 14.9. The molecule has 1 aromatic rings. The summed E-state index contributed by atoms with van der Waals surface area (Å²) in [5, 5.41) is 11.8. The lowest BCUT2D eigenvalue weighted by Gasteiger charge is -2.24. The fourth-order valence-corrected chi connectivity index (χ4v) is 1.28. The van der Waals surface area contributed by atoms with Crippen molar-refractivity contribution in [2.45, 2.75) is 32.1 Å². The monoisotopic (exact) mass is 265 g/mol. The first-order valence-corrected chi connectivity index (χ1v) is 5.37. The van der Waals surface area contributed by atoms with Crippen LogP contribution < -0.4 is 5.32 Å². The number of hydrogen-bond acceptors (Lipinski definition) is 2. The van der Waals surface area contributed by atoms with Gasteiger partial charge in [0.1, 0.15) is 5.82 Å². The minimum Gasteiger partial charge on any atom is -0.394 e. The highest BCUT2D eigenvalue weighted by Gasteiger charge is 2.31. The van der Waals surface area contributed by atoms with Crippen molar-refractivity contribution in [1.29, 1.82) is 0 Å². The van der Waals surface area contributed by atoms with Crippen molar-refractivity contribution in [3.8, 4) is 0 Å². The summed E-state index contributed by atoms with van der Waals surface area (Å²) in [5.41, 5.74) is -1.64. The van der Waals surface area contributed by atoms with Gasteiger partial charge in [0.25, 0.3) is 0 Å². The van der Waals surface area contributed by atoms with E-state index in [1.165, 1.54) is 0 Å². The van der Waals surface area contributed by atoms with Crippen LogP contribution in [0.2, 0.25) is 0 Å². The molecule has 1 aromatic carbocycles. The largest absolute Gasteiger partial charge is 0.416 e. The van der Waals surface area contributed by atoms with Crippen LogP contribution in [0.1, 0.15) is 25.0 Å². The number of alkyl halides is 3. The maximum absolute atomic E-state index is 13.4. The summed E-state index contributed by atoms with van der Waals surface area (Å²) < 4.78 is 50.7. The molecule has 0 amide bonds. The number of benzene rings is 1. The lowest BCUT2D eigenvalue weighted by molar-refractivity contribution is -0.137. The lowest BCUT2D eigenvalue weighted by Crippen LogP contribution is -2.42. The first-order valence-electron chi connectivity index (χ1n) is 5.37. The van der Waals surface area contributed by atoms with Gasteiger partial charge in [0.15, 0.2) is 0 Å². The molecule has 0 bridgehead atoms. The average molecular weight is 265 g/mol. The molecule has 0 saturated heterocycles. The van der Waals surface area contributed by atoms with E-state index in [4.69, 9.17) is 5.11 Å². The molecule has 0 radical (unpaired) electrons. The highest BCUT2D eigenvalue weighted by Crippen LogP contribution is 2.30. The van der Waals surface area contributed by atoms with Gasteiger partial charge in [0.2, 0.25) is 0 Å². The predicted octanol–water partition coefficient (Wildman–Crippen LogP) is 2.71. The molecule has 0 aliphatic rings. The highest BCUT2D eigenvalue weighted by atomic mass is 19.4. The van der Waals surface area contributed by atoms with E-state index in [2.05, 4.69) is 5.32 Å². The predicted molar refractivity (Wildman–Crippen MR) is 59.4 cm³/mol. The molecule has 2 nitrogen and oxygen atoms in total. The minimum atomic E-state index is -4.49. The van der Waals surface area contributed by atoms with Gasteiger partial charge in [-0.3, -0.25) is 0 Å². The zero-order valence-corrected chi connectivity index (χ0v) is 10.1. The van der Waals surface area contributed by atoms with Crippen LogP contribution in [-0.2, 0) is 12.7 Å². The van der Waals surface area contributed by atoms with Gasteiger partial charge in [0.05, 0.1) is 12.2 Å². The van der Waals surface area contributed by atoms with Crippen molar-refractivity contribution in [2.24, 2.45) is 0 Å². The Morgan fingerprint density at radius 2 is 1.83 bits per heavy atom. The molecule has 0 aromatic heterocycles. The molecular formula is C12H15F4NO. The van der Waals surface area contributed by atoms with Crippen LogP contribution >= 0.6 is 0 Å². The summed E-state index contributed by atoms with van der Waals surface area (Å²) in [4.78, 5) is 0. The van der Waals surface area contributed by atoms with Gasteiger partial charge in [-0.25, -0.2) is 4.39 Å². The van der Waals surface area contributed by atoms with Crippen LogP contribution in [0.25, 0.3) is 0 Å². The average Bonchev–Trinajstić information content (AvgIpc) is 2.26. The summed E-state index contributed by atoms with van der Waals surface area (Å²) >= 11 is 0. The highest BCUT2D eigenvalue weighted by molar-refractivity contribution is 5.27. The van der Waals surface area contributed by atoms with Gasteiger partial charge in [-0.15, -0.1) is 0 Å². The van der Waals surface area contributed by atoms with Crippen LogP contribution in [0, 0.1) is 5.82 Å². The van der Waals surface area contributed by atoms with Gasteiger partial charge in [0, 0.05) is 17.6 Å². The molecule has 0 aliphatic heterocycles. The number of aliphatic hydroxyl groups is 1. The molecule has 6 heteroatoms. The van der Waals surface area contributed by atoms with Gasteiger partial charge < -0.3 is 10.4 Å².